The van der Waals surface area contributed by atoms with E-state index in [2.05, 4.69) is 16.2 Å². The van der Waals surface area contributed by atoms with Crippen LogP contribution >= 0.6 is 12.2 Å². The van der Waals surface area contributed by atoms with Crippen molar-refractivity contribution >= 4 is 40.0 Å². The number of hydrogen-bond donors (Lipinski definition) is 3. The molecule has 3 N–H and O–H groups in total. The van der Waals surface area contributed by atoms with Crippen molar-refractivity contribution < 1.29 is 19.1 Å². The molecule has 0 bridgehead atoms. The van der Waals surface area contributed by atoms with E-state index < -0.39 is 5.91 Å². The number of nitrogens with zero attached hydrogens (tertiary/aromatic N) is 1. The van der Waals surface area contributed by atoms with Gasteiger partial charge in [0, 0.05) is 17.3 Å². The van der Waals surface area contributed by atoms with Crippen LogP contribution in [0, 0.1) is 0 Å². The molecule has 8 nitrogen and oxygen atoms in total. The number of carbonyl (C=O) groups excluding carboxylic acids is 2. The molecule has 9 heteroatoms. The van der Waals surface area contributed by atoms with Gasteiger partial charge in [-0.2, -0.15) is 0 Å². The average Bonchev–Trinajstić information content (AvgIpc) is 3.29. The molecule has 4 rings (SSSR count). The Bertz CT molecular complexity index is 1320. The van der Waals surface area contributed by atoms with E-state index in [0.717, 1.165) is 16.7 Å². The smallest absolute Gasteiger partial charge is 0.258 e. The highest BCUT2D eigenvalue weighted by molar-refractivity contribution is 7.80. The molecule has 178 valence electrons. The molecule has 0 spiro atoms. The maximum Gasteiger partial charge on any atom is 0.258 e. The quantitative estimate of drug-likeness (QED) is 0.200. The van der Waals surface area contributed by atoms with E-state index in [1.807, 2.05) is 71.4 Å². The first-order valence-electron chi connectivity index (χ1n) is 10.9. The van der Waals surface area contributed by atoms with Crippen LogP contribution in [-0.4, -0.2) is 34.7 Å². The van der Waals surface area contributed by atoms with Crippen LogP contribution in [-0.2, 0) is 11.3 Å². The molecule has 1 heterocycles. The van der Waals surface area contributed by atoms with Crippen LogP contribution in [0.3, 0.4) is 0 Å². The van der Waals surface area contributed by atoms with Crippen molar-refractivity contribution in [3.05, 3.63) is 96.7 Å². The Hall–Kier alpha value is -4.37. The highest BCUT2D eigenvalue weighted by Gasteiger charge is 2.11. The number of ether oxygens (including phenoxy) is 2. The second-order valence-corrected chi connectivity index (χ2v) is 7.90. The first-order valence-corrected chi connectivity index (χ1v) is 11.3. The van der Waals surface area contributed by atoms with Gasteiger partial charge in [-0.25, -0.2) is 0 Å². The third-order valence-electron chi connectivity index (χ3n) is 5.00. The molecule has 0 aliphatic heterocycles. The van der Waals surface area contributed by atoms with E-state index in [4.69, 9.17) is 21.7 Å². The molecule has 0 fully saturated rings. The highest BCUT2D eigenvalue weighted by Crippen LogP contribution is 2.15. The van der Waals surface area contributed by atoms with Crippen molar-refractivity contribution in [1.82, 2.24) is 20.7 Å². The van der Waals surface area contributed by atoms with Crippen molar-refractivity contribution in [1.29, 1.82) is 0 Å². The lowest BCUT2D eigenvalue weighted by Crippen LogP contribution is -2.49. The number of benzene rings is 3. The molecule has 0 saturated heterocycles. The Morgan fingerprint density at radius 2 is 1.51 bits per heavy atom. The van der Waals surface area contributed by atoms with Crippen molar-refractivity contribution in [3.63, 3.8) is 0 Å². The van der Waals surface area contributed by atoms with Gasteiger partial charge in [-0.3, -0.25) is 25.8 Å². The summed E-state index contributed by atoms with van der Waals surface area (Å²) in [6, 6.07) is 25.9. The lowest BCUT2D eigenvalue weighted by atomic mass is 10.2. The SMILES string of the molecule is O=C(Cn1ccc2ccccc21)NNC(=S)NC(=O)c1cccc(OCCOc2ccccc2)c1. The number of nitrogens with one attached hydrogen (secondary N) is 3. The van der Waals surface area contributed by atoms with Gasteiger partial charge in [-0.1, -0.05) is 42.5 Å². The zero-order valence-corrected chi connectivity index (χ0v) is 19.6. The predicted octanol–water partition coefficient (Wildman–Crippen LogP) is 3.43. The van der Waals surface area contributed by atoms with Crippen molar-refractivity contribution in [3.8, 4) is 11.5 Å². The third-order valence-corrected chi connectivity index (χ3v) is 5.20. The summed E-state index contributed by atoms with van der Waals surface area (Å²) in [6.45, 7) is 0.792. The molecule has 4 aromatic rings. The predicted molar refractivity (Wildman–Crippen MR) is 137 cm³/mol. The molecule has 35 heavy (non-hydrogen) atoms. The molecule has 0 radical (unpaired) electrons. The average molecular weight is 489 g/mol. The van der Waals surface area contributed by atoms with Crippen LogP contribution in [0.4, 0.5) is 0 Å². The first kappa shape index (κ1) is 23.8. The number of para-hydroxylation sites is 2. The van der Waals surface area contributed by atoms with Crippen molar-refractivity contribution in [2.24, 2.45) is 0 Å². The Kier molecular flexibility index (Phi) is 7.92. The zero-order valence-electron chi connectivity index (χ0n) is 18.8. The normalized spacial score (nSPS) is 10.4. The Balaban J connectivity index is 1.20. The van der Waals surface area contributed by atoms with E-state index in [0.29, 0.717) is 24.5 Å². The van der Waals surface area contributed by atoms with Crippen molar-refractivity contribution in [2.45, 2.75) is 6.54 Å². The summed E-state index contributed by atoms with van der Waals surface area (Å²) in [5.41, 5.74) is 6.36. The summed E-state index contributed by atoms with van der Waals surface area (Å²) in [7, 11) is 0. The van der Waals surface area contributed by atoms with E-state index in [1.165, 1.54) is 0 Å². The Labute approximate surface area is 207 Å². The van der Waals surface area contributed by atoms with E-state index in [9.17, 15) is 9.59 Å². The number of thiocarbonyl (C=S) groups is 1. The molecule has 1 aromatic heterocycles. The number of rotatable bonds is 8. The Morgan fingerprint density at radius 1 is 0.800 bits per heavy atom. The standard InChI is InChI=1S/C26H24N4O4S/c31-24(18-30-14-13-19-7-4-5-12-23(19)30)28-29-26(35)27-25(32)20-8-6-11-22(17-20)34-16-15-33-21-9-2-1-3-10-21/h1-14,17H,15-16,18H2,(H,28,31)(H2,27,29,32,35). The minimum Gasteiger partial charge on any atom is -0.490 e. The lowest BCUT2D eigenvalue weighted by Gasteiger charge is -2.12. The first-order chi connectivity index (χ1) is 17.1. The van der Waals surface area contributed by atoms with Gasteiger partial charge in [0.25, 0.3) is 11.8 Å². The van der Waals surface area contributed by atoms with Gasteiger partial charge < -0.3 is 14.0 Å². The molecule has 0 saturated carbocycles. The molecule has 3 aromatic carbocycles. The fraction of sp³-hybridized carbons (Fsp3) is 0.115. The minimum atomic E-state index is -0.431. The van der Waals surface area contributed by atoms with Crippen LogP contribution in [0.2, 0.25) is 0 Å². The van der Waals surface area contributed by atoms with Crippen LogP contribution in [0.15, 0.2) is 91.1 Å². The van der Waals surface area contributed by atoms with E-state index in [1.54, 1.807) is 24.3 Å². The number of amides is 2. The highest BCUT2D eigenvalue weighted by atomic mass is 32.1. The maximum atomic E-state index is 12.5. The summed E-state index contributed by atoms with van der Waals surface area (Å²) in [5.74, 6) is 0.551. The maximum absolute atomic E-state index is 12.5. The van der Waals surface area contributed by atoms with E-state index in [-0.39, 0.29) is 17.6 Å². The number of hydrogen-bond acceptors (Lipinski definition) is 5. The molecule has 2 amide bonds. The third kappa shape index (κ3) is 6.81. The van der Waals surface area contributed by atoms with Crippen LogP contribution in [0.5, 0.6) is 11.5 Å². The summed E-state index contributed by atoms with van der Waals surface area (Å²) in [6.07, 6.45) is 1.84. The van der Waals surface area contributed by atoms with Gasteiger partial charge in [0.2, 0.25) is 0 Å². The molecule has 0 aliphatic carbocycles. The fourth-order valence-corrected chi connectivity index (χ4v) is 3.51. The monoisotopic (exact) mass is 488 g/mol. The molecule has 0 aliphatic rings. The van der Waals surface area contributed by atoms with Gasteiger partial charge in [0.1, 0.15) is 31.3 Å². The summed E-state index contributed by atoms with van der Waals surface area (Å²) >= 11 is 5.13. The van der Waals surface area contributed by atoms with E-state index >= 15 is 0 Å². The van der Waals surface area contributed by atoms with Gasteiger partial charge in [-0.05, 0) is 60.1 Å². The molecular weight excluding hydrogens is 464 g/mol. The number of fused-ring (bicyclic) bond motifs is 1. The van der Waals surface area contributed by atoms with Gasteiger partial charge >= 0.3 is 0 Å². The van der Waals surface area contributed by atoms with Gasteiger partial charge in [-0.15, -0.1) is 0 Å². The number of carbonyl (C=O) groups is 2. The minimum absolute atomic E-state index is 0.0247. The topological polar surface area (TPSA) is 93.6 Å². The Morgan fingerprint density at radius 3 is 2.34 bits per heavy atom. The van der Waals surface area contributed by atoms with Crippen molar-refractivity contribution in [2.75, 3.05) is 13.2 Å². The molecule has 0 atom stereocenters. The number of aromatic nitrogens is 1. The number of hydrazine groups is 1. The van der Waals surface area contributed by atoms with Gasteiger partial charge in [0.05, 0.1) is 0 Å². The van der Waals surface area contributed by atoms with Gasteiger partial charge in [0.15, 0.2) is 5.11 Å². The lowest BCUT2D eigenvalue weighted by molar-refractivity contribution is -0.122. The fourth-order valence-electron chi connectivity index (χ4n) is 3.37. The van der Waals surface area contributed by atoms with Crippen LogP contribution in [0.25, 0.3) is 10.9 Å². The van der Waals surface area contributed by atoms with Crippen LogP contribution < -0.4 is 25.6 Å². The molecular formula is C26H24N4O4S. The zero-order chi connectivity index (χ0) is 24.5. The second-order valence-electron chi connectivity index (χ2n) is 7.50. The summed E-state index contributed by atoms with van der Waals surface area (Å²) < 4.78 is 13.1. The van der Waals surface area contributed by atoms with Crippen LogP contribution in [0.1, 0.15) is 10.4 Å². The summed E-state index contributed by atoms with van der Waals surface area (Å²) in [4.78, 5) is 24.8. The largest absolute Gasteiger partial charge is 0.490 e. The second kappa shape index (κ2) is 11.7. The molecule has 0 unspecified atom stereocenters. The summed E-state index contributed by atoms with van der Waals surface area (Å²) in [5, 5.41) is 3.56.